The Hall–Kier alpha value is -0.820. The molecule has 1 N–H and O–H groups in total. The van der Waals surface area contributed by atoms with E-state index in [2.05, 4.69) is 49.5 Å². The molecule has 0 spiro atoms. The first-order chi connectivity index (χ1) is 7.64. The van der Waals surface area contributed by atoms with Crippen molar-refractivity contribution in [1.82, 2.24) is 5.32 Å². The number of hydrogen-bond acceptors (Lipinski definition) is 1. The van der Waals surface area contributed by atoms with Gasteiger partial charge in [0.15, 0.2) is 0 Å². The van der Waals surface area contributed by atoms with Crippen LogP contribution in [0.1, 0.15) is 38.7 Å². The van der Waals surface area contributed by atoms with Crippen molar-refractivity contribution >= 4 is 0 Å². The molecule has 0 fully saturated rings. The van der Waals surface area contributed by atoms with Gasteiger partial charge in [-0.05, 0) is 50.3 Å². The zero-order valence-electron chi connectivity index (χ0n) is 10.9. The Bertz CT molecular complexity index is 277. The van der Waals surface area contributed by atoms with Gasteiger partial charge in [-0.1, -0.05) is 44.2 Å². The Morgan fingerprint density at radius 3 is 2.38 bits per heavy atom. The maximum Gasteiger partial charge on any atom is -0.00468 e. The van der Waals surface area contributed by atoms with E-state index >= 15 is 0 Å². The molecule has 0 aliphatic rings. The number of hydrogen-bond donors (Lipinski definition) is 1. The van der Waals surface area contributed by atoms with Crippen LogP contribution in [0.5, 0.6) is 0 Å². The molecule has 0 amide bonds. The lowest BCUT2D eigenvalue weighted by atomic mass is 9.83. The van der Waals surface area contributed by atoms with Crippen LogP contribution in [0.3, 0.4) is 0 Å². The zero-order valence-corrected chi connectivity index (χ0v) is 10.9. The smallest absolute Gasteiger partial charge is 0.00468 e. The molecule has 90 valence electrons. The minimum Gasteiger partial charge on any atom is -0.320 e. The highest BCUT2D eigenvalue weighted by Crippen LogP contribution is 2.26. The van der Waals surface area contributed by atoms with E-state index in [0.29, 0.717) is 5.41 Å². The minimum atomic E-state index is 0.470. The summed E-state index contributed by atoms with van der Waals surface area (Å²) in [7, 11) is 2.03. The number of benzene rings is 1. The molecular weight excluding hydrogens is 194 g/mol. The molecule has 0 aliphatic carbocycles. The second-order valence-electron chi connectivity index (χ2n) is 5.36. The highest BCUT2D eigenvalue weighted by atomic mass is 14.8. The van der Waals surface area contributed by atoms with E-state index < -0.39 is 0 Å². The van der Waals surface area contributed by atoms with Crippen LogP contribution in [0.15, 0.2) is 30.3 Å². The Kier molecular flexibility index (Phi) is 5.54. The predicted octanol–water partition coefficient (Wildman–Crippen LogP) is 3.65. The van der Waals surface area contributed by atoms with Gasteiger partial charge in [0.2, 0.25) is 0 Å². The molecule has 0 aromatic heterocycles. The first-order valence-electron chi connectivity index (χ1n) is 6.32. The van der Waals surface area contributed by atoms with E-state index in [9.17, 15) is 0 Å². The van der Waals surface area contributed by atoms with Crippen molar-refractivity contribution in [3.8, 4) is 0 Å². The molecule has 1 rings (SSSR count). The van der Waals surface area contributed by atoms with E-state index in [0.717, 1.165) is 6.54 Å². The van der Waals surface area contributed by atoms with Gasteiger partial charge in [-0.2, -0.15) is 0 Å². The highest BCUT2D eigenvalue weighted by Gasteiger charge is 2.16. The van der Waals surface area contributed by atoms with Crippen molar-refractivity contribution in [2.45, 2.75) is 39.5 Å². The van der Waals surface area contributed by atoms with Crippen LogP contribution in [0, 0.1) is 5.41 Å². The van der Waals surface area contributed by atoms with Crippen LogP contribution in [-0.4, -0.2) is 13.6 Å². The average molecular weight is 219 g/mol. The minimum absolute atomic E-state index is 0.470. The van der Waals surface area contributed by atoms with Gasteiger partial charge in [-0.15, -0.1) is 0 Å². The Morgan fingerprint density at radius 1 is 1.06 bits per heavy atom. The summed E-state index contributed by atoms with van der Waals surface area (Å²) in [5.41, 5.74) is 1.93. The van der Waals surface area contributed by atoms with Crippen LogP contribution in [0.4, 0.5) is 0 Å². The third-order valence-corrected chi connectivity index (χ3v) is 3.21. The molecule has 0 aliphatic heterocycles. The SMILES string of the molecule is CNCCC(C)(C)CCCc1ccccc1. The molecule has 1 heteroatoms. The van der Waals surface area contributed by atoms with Gasteiger partial charge in [0.25, 0.3) is 0 Å². The van der Waals surface area contributed by atoms with Crippen molar-refractivity contribution in [2.75, 3.05) is 13.6 Å². The summed E-state index contributed by atoms with van der Waals surface area (Å²) in [6.07, 6.45) is 5.08. The van der Waals surface area contributed by atoms with E-state index in [1.54, 1.807) is 0 Å². The Morgan fingerprint density at radius 2 is 1.75 bits per heavy atom. The highest BCUT2D eigenvalue weighted by molar-refractivity contribution is 5.14. The molecule has 0 saturated carbocycles. The topological polar surface area (TPSA) is 12.0 Å². The molecule has 0 unspecified atom stereocenters. The van der Waals surface area contributed by atoms with Crippen molar-refractivity contribution in [1.29, 1.82) is 0 Å². The van der Waals surface area contributed by atoms with Gasteiger partial charge in [-0.25, -0.2) is 0 Å². The van der Waals surface area contributed by atoms with E-state index in [4.69, 9.17) is 0 Å². The molecule has 0 atom stereocenters. The van der Waals surface area contributed by atoms with E-state index in [-0.39, 0.29) is 0 Å². The lowest BCUT2D eigenvalue weighted by Crippen LogP contribution is -2.19. The van der Waals surface area contributed by atoms with Gasteiger partial charge >= 0.3 is 0 Å². The summed E-state index contributed by atoms with van der Waals surface area (Å²) in [6, 6.07) is 10.8. The average Bonchev–Trinajstić information content (AvgIpc) is 2.28. The largest absolute Gasteiger partial charge is 0.320 e. The van der Waals surface area contributed by atoms with Crippen LogP contribution >= 0.6 is 0 Å². The van der Waals surface area contributed by atoms with E-state index in [1.165, 1.54) is 31.2 Å². The summed E-state index contributed by atoms with van der Waals surface area (Å²) in [6.45, 7) is 5.86. The van der Waals surface area contributed by atoms with Crippen LogP contribution < -0.4 is 5.32 Å². The lowest BCUT2D eigenvalue weighted by molar-refractivity contribution is 0.297. The molecule has 0 saturated heterocycles. The fourth-order valence-corrected chi connectivity index (χ4v) is 2.00. The number of rotatable bonds is 7. The maximum atomic E-state index is 3.23. The fourth-order valence-electron chi connectivity index (χ4n) is 2.00. The number of nitrogens with one attached hydrogen (secondary N) is 1. The second kappa shape index (κ2) is 6.70. The standard InChI is InChI=1S/C15H25N/c1-15(2,12-13-16-3)11-7-10-14-8-5-4-6-9-14/h4-6,8-9,16H,7,10-13H2,1-3H3. The molecule has 0 heterocycles. The Labute approximate surface area is 100 Å². The van der Waals surface area contributed by atoms with Gasteiger partial charge in [-0.3, -0.25) is 0 Å². The van der Waals surface area contributed by atoms with Crippen LogP contribution in [0.25, 0.3) is 0 Å². The van der Waals surface area contributed by atoms with Crippen molar-refractivity contribution in [3.05, 3.63) is 35.9 Å². The van der Waals surface area contributed by atoms with Crippen molar-refractivity contribution in [3.63, 3.8) is 0 Å². The first kappa shape index (κ1) is 13.2. The molecule has 1 aromatic carbocycles. The quantitative estimate of drug-likeness (QED) is 0.738. The predicted molar refractivity (Wildman–Crippen MR) is 71.7 cm³/mol. The van der Waals surface area contributed by atoms with Crippen molar-refractivity contribution in [2.24, 2.45) is 5.41 Å². The molecule has 1 nitrogen and oxygen atoms in total. The molecule has 1 aromatic rings. The second-order valence-corrected chi connectivity index (χ2v) is 5.36. The maximum absolute atomic E-state index is 3.23. The normalized spacial score (nSPS) is 11.7. The molecule has 0 radical (unpaired) electrons. The zero-order chi connectivity index (χ0) is 11.9. The van der Waals surface area contributed by atoms with Crippen LogP contribution in [0.2, 0.25) is 0 Å². The summed E-state index contributed by atoms with van der Waals surface area (Å²) < 4.78 is 0. The van der Waals surface area contributed by atoms with Crippen molar-refractivity contribution < 1.29 is 0 Å². The summed E-state index contributed by atoms with van der Waals surface area (Å²) in [5.74, 6) is 0. The third-order valence-electron chi connectivity index (χ3n) is 3.21. The summed E-state index contributed by atoms with van der Waals surface area (Å²) in [4.78, 5) is 0. The monoisotopic (exact) mass is 219 g/mol. The fraction of sp³-hybridized carbons (Fsp3) is 0.600. The Balaban J connectivity index is 2.24. The lowest BCUT2D eigenvalue weighted by Gasteiger charge is -2.24. The molecule has 16 heavy (non-hydrogen) atoms. The van der Waals surface area contributed by atoms with Gasteiger partial charge in [0.05, 0.1) is 0 Å². The third kappa shape index (κ3) is 5.32. The molecule has 0 bridgehead atoms. The summed E-state index contributed by atoms with van der Waals surface area (Å²) in [5, 5.41) is 3.23. The van der Waals surface area contributed by atoms with Crippen LogP contribution in [-0.2, 0) is 6.42 Å². The van der Waals surface area contributed by atoms with Gasteiger partial charge < -0.3 is 5.32 Å². The first-order valence-corrected chi connectivity index (χ1v) is 6.32. The number of aryl methyl sites for hydroxylation is 1. The van der Waals surface area contributed by atoms with E-state index in [1.807, 2.05) is 7.05 Å². The summed E-state index contributed by atoms with van der Waals surface area (Å²) >= 11 is 0. The van der Waals surface area contributed by atoms with Gasteiger partial charge in [0.1, 0.15) is 0 Å². The van der Waals surface area contributed by atoms with Gasteiger partial charge in [0, 0.05) is 0 Å². The molecular formula is C15H25N.